The average molecular weight is 361 g/mol. The first-order chi connectivity index (χ1) is 11.4. The number of ether oxygens (including phenoxy) is 2. The molecular weight excluding hydrogens is 334 g/mol. The molecule has 138 valence electrons. The summed E-state index contributed by atoms with van der Waals surface area (Å²) in [4.78, 5) is 14.5. The Morgan fingerprint density at radius 3 is 2.29 bits per heavy atom. The summed E-state index contributed by atoms with van der Waals surface area (Å²) in [5, 5.41) is 0. The Labute approximate surface area is 143 Å². The van der Waals surface area contributed by atoms with E-state index in [4.69, 9.17) is 9.47 Å². The average Bonchev–Trinajstić information content (AvgIpc) is 3.04. The highest BCUT2D eigenvalue weighted by atomic mass is 32.2. The molecule has 3 aliphatic rings. The maximum atomic E-state index is 13.1. The molecule has 0 spiro atoms. The normalized spacial score (nSPS) is 33.8. The molecule has 3 aliphatic heterocycles. The van der Waals surface area contributed by atoms with Gasteiger partial charge in [-0.2, -0.15) is 17.0 Å². The van der Waals surface area contributed by atoms with E-state index in [0.717, 1.165) is 6.42 Å². The quantitative estimate of drug-likeness (QED) is 0.687. The summed E-state index contributed by atoms with van der Waals surface area (Å²) < 4.78 is 39.9. The van der Waals surface area contributed by atoms with E-state index in [-0.39, 0.29) is 18.1 Å². The summed E-state index contributed by atoms with van der Waals surface area (Å²) in [6.45, 7) is 6.93. The van der Waals surface area contributed by atoms with E-state index in [9.17, 15) is 13.2 Å². The number of carbonyl (C=O) groups is 1. The van der Waals surface area contributed by atoms with Crippen LogP contribution in [0, 0.1) is 0 Å². The molecule has 0 bridgehead atoms. The summed E-state index contributed by atoms with van der Waals surface area (Å²) in [5.41, 5.74) is 0. The van der Waals surface area contributed by atoms with E-state index >= 15 is 0 Å². The van der Waals surface area contributed by atoms with Crippen LogP contribution in [0.25, 0.3) is 0 Å². The fourth-order valence-electron chi connectivity index (χ4n) is 3.73. The van der Waals surface area contributed by atoms with Crippen molar-refractivity contribution in [1.29, 1.82) is 0 Å². The van der Waals surface area contributed by atoms with Crippen molar-refractivity contribution in [1.82, 2.24) is 13.5 Å². The molecule has 0 aliphatic carbocycles. The maximum absolute atomic E-state index is 13.1. The number of morpholine rings is 2. The third-order valence-electron chi connectivity index (χ3n) is 4.82. The summed E-state index contributed by atoms with van der Waals surface area (Å²) >= 11 is 0. The van der Waals surface area contributed by atoms with E-state index < -0.39 is 16.3 Å². The van der Waals surface area contributed by atoms with E-state index in [1.807, 2.05) is 13.8 Å². The van der Waals surface area contributed by atoms with Gasteiger partial charge in [0.2, 0.25) is 5.91 Å². The lowest BCUT2D eigenvalue weighted by molar-refractivity contribution is -0.138. The van der Waals surface area contributed by atoms with E-state index in [0.29, 0.717) is 52.4 Å². The summed E-state index contributed by atoms with van der Waals surface area (Å²) in [6, 6.07) is -0.582. The topological polar surface area (TPSA) is 79.4 Å². The zero-order chi connectivity index (χ0) is 17.3. The highest BCUT2D eigenvalue weighted by Crippen LogP contribution is 2.27. The Balaban J connectivity index is 1.75. The second-order valence-electron chi connectivity index (χ2n) is 6.79. The summed E-state index contributed by atoms with van der Waals surface area (Å²) in [7, 11) is -3.65. The van der Waals surface area contributed by atoms with Gasteiger partial charge in [-0.15, -0.1) is 0 Å². The van der Waals surface area contributed by atoms with E-state index in [1.165, 1.54) is 8.61 Å². The lowest BCUT2D eigenvalue weighted by Gasteiger charge is -2.38. The van der Waals surface area contributed by atoms with Gasteiger partial charge in [0.15, 0.2) is 0 Å². The standard InChI is InChI=1S/C15H27N3O5S/c1-12-10-17(11-13(2)23-12)24(20,21)18-5-3-4-14(18)15(19)16-6-8-22-9-7-16/h12-14H,3-11H2,1-2H3. The zero-order valence-electron chi connectivity index (χ0n) is 14.4. The number of hydrogen-bond donors (Lipinski definition) is 0. The molecule has 0 N–H and O–H groups in total. The van der Waals surface area contributed by atoms with Crippen LogP contribution in [0.4, 0.5) is 0 Å². The van der Waals surface area contributed by atoms with Crippen molar-refractivity contribution in [2.75, 3.05) is 45.9 Å². The van der Waals surface area contributed by atoms with Crippen molar-refractivity contribution in [2.45, 2.75) is 44.9 Å². The van der Waals surface area contributed by atoms with Gasteiger partial charge in [-0.25, -0.2) is 0 Å². The highest BCUT2D eigenvalue weighted by Gasteiger charge is 2.44. The SMILES string of the molecule is CC1CN(S(=O)(=O)N2CCCC2C(=O)N2CCOCC2)CC(C)O1. The number of hydrogen-bond acceptors (Lipinski definition) is 5. The Morgan fingerprint density at radius 2 is 1.67 bits per heavy atom. The van der Waals surface area contributed by atoms with Gasteiger partial charge in [-0.3, -0.25) is 4.79 Å². The predicted octanol–water partition coefficient (Wildman–Crippen LogP) is -0.336. The molecule has 24 heavy (non-hydrogen) atoms. The number of rotatable bonds is 3. The molecule has 0 saturated carbocycles. The van der Waals surface area contributed by atoms with Crippen molar-refractivity contribution in [3.63, 3.8) is 0 Å². The van der Waals surface area contributed by atoms with Crippen molar-refractivity contribution in [2.24, 2.45) is 0 Å². The fourth-order valence-corrected chi connectivity index (χ4v) is 5.70. The summed E-state index contributed by atoms with van der Waals surface area (Å²) in [5.74, 6) is -0.0891. The predicted molar refractivity (Wildman–Crippen MR) is 87.6 cm³/mol. The molecule has 3 saturated heterocycles. The molecule has 3 fully saturated rings. The number of carbonyl (C=O) groups excluding carboxylic acids is 1. The Morgan fingerprint density at radius 1 is 1.04 bits per heavy atom. The van der Waals surface area contributed by atoms with Crippen LogP contribution >= 0.6 is 0 Å². The van der Waals surface area contributed by atoms with Gasteiger partial charge >= 0.3 is 0 Å². The van der Waals surface area contributed by atoms with Crippen LogP contribution in [0.15, 0.2) is 0 Å². The van der Waals surface area contributed by atoms with Gasteiger partial charge in [0.25, 0.3) is 10.2 Å². The number of nitrogens with zero attached hydrogens (tertiary/aromatic N) is 3. The molecule has 1 amide bonds. The van der Waals surface area contributed by atoms with E-state index in [1.54, 1.807) is 4.90 Å². The van der Waals surface area contributed by atoms with Gasteiger partial charge in [0, 0.05) is 32.7 Å². The van der Waals surface area contributed by atoms with Crippen LogP contribution in [0.2, 0.25) is 0 Å². The largest absolute Gasteiger partial charge is 0.378 e. The first-order valence-electron chi connectivity index (χ1n) is 8.68. The molecule has 0 radical (unpaired) electrons. The second kappa shape index (κ2) is 7.25. The lowest BCUT2D eigenvalue weighted by atomic mass is 10.2. The first-order valence-corrected chi connectivity index (χ1v) is 10.1. The van der Waals surface area contributed by atoms with Gasteiger partial charge in [0.05, 0.1) is 25.4 Å². The van der Waals surface area contributed by atoms with Crippen LogP contribution in [-0.2, 0) is 24.5 Å². The van der Waals surface area contributed by atoms with Crippen molar-refractivity contribution >= 4 is 16.1 Å². The maximum Gasteiger partial charge on any atom is 0.282 e. The minimum absolute atomic E-state index is 0.0891. The number of amides is 1. The Kier molecular flexibility index (Phi) is 5.45. The lowest BCUT2D eigenvalue weighted by Crippen LogP contribution is -2.57. The van der Waals surface area contributed by atoms with Crippen LogP contribution in [-0.4, -0.2) is 92.0 Å². The van der Waals surface area contributed by atoms with Crippen LogP contribution < -0.4 is 0 Å². The molecule has 8 nitrogen and oxygen atoms in total. The molecular formula is C15H27N3O5S. The van der Waals surface area contributed by atoms with Crippen LogP contribution in [0.5, 0.6) is 0 Å². The fraction of sp³-hybridized carbons (Fsp3) is 0.933. The first kappa shape index (κ1) is 18.1. The smallest absolute Gasteiger partial charge is 0.282 e. The minimum atomic E-state index is -3.65. The molecule has 9 heteroatoms. The minimum Gasteiger partial charge on any atom is -0.378 e. The Hall–Kier alpha value is -0.740. The zero-order valence-corrected chi connectivity index (χ0v) is 15.2. The molecule has 3 atom stereocenters. The van der Waals surface area contributed by atoms with Gasteiger partial charge < -0.3 is 14.4 Å². The molecule has 3 rings (SSSR count). The van der Waals surface area contributed by atoms with Crippen molar-refractivity contribution < 1.29 is 22.7 Å². The molecule has 3 unspecified atom stereocenters. The Bertz CT molecular complexity index is 553. The van der Waals surface area contributed by atoms with Gasteiger partial charge in [0.1, 0.15) is 6.04 Å². The highest BCUT2D eigenvalue weighted by molar-refractivity contribution is 7.86. The molecule has 0 aromatic carbocycles. The van der Waals surface area contributed by atoms with Crippen molar-refractivity contribution in [3.8, 4) is 0 Å². The second-order valence-corrected chi connectivity index (χ2v) is 8.67. The monoisotopic (exact) mass is 361 g/mol. The van der Waals surface area contributed by atoms with E-state index in [2.05, 4.69) is 0 Å². The van der Waals surface area contributed by atoms with Gasteiger partial charge in [-0.05, 0) is 26.7 Å². The van der Waals surface area contributed by atoms with Crippen molar-refractivity contribution in [3.05, 3.63) is 0 Å². The van der Waals surface area contributed by atoms with Crippen LogP contribution in [0.1, 0.15) is 26.7 Å². The van der Waals surface area contributed by atoms with Crippen LogP contribution in [0.3, 0.4) is 0 Å². The third-order valence-corrected chi connectivity index (χ3v) is 6.80. The molecule has 3 heterocycles. The third kappa shape index (κ3) is 3.60. The van der Waals surface area contributed by atoms with Gasteiger partial charge in [-0.1, -0.05) is 0 Å². The molecule has 0 aromatic rings. The summed E-state index contributed by atoms with van der Waals surface area (Å²) in [6.07, 6.45) is 1.03. The molecule has 0 aromatic heterocycles.